The summed E-state index contributed by atoms with van der Waals surface area (Å²) in [7, 11) is 1.94. The summed E-state index contributed by atoms with van der Waals surface area (Å²) in [6.07, 6.45) is 1.42. The van der Waals surface area contributed by atoms with Crippen LogP contribution in [0.2, 0.25) is 0 Å². The van der Waals surface area contributed by atoms with E-state index < -0.39 is 0 Å². The highest BCUT2D eigenvalue weighted by Crippen LogP contribution is 2.20. The van der Waals surface area contributed by atoms with Gasteiger partial charge in [0.1, 0.15) is 0 Å². The first kappa shape index (κ1) is 19.5. The van der Waals surface area contributed by atoms with Crippen LogP contribution in [0.1, 0.15) is 23.5 Å². The van der Waals surface area contributed by atoms with Crippen molar-refractivity contribution in [1.29, 1.82) is 0 Å². The summed E-state index contributed by atoms with van der Waals surface area (Å²) in [6.45, 7) is 4.30. The predicted molar refractivity (Wildman–Crippen MR) is 108 cm³/mol. The molecule has 0 unspecified atom stereocenters. The number of para-hydroxylation sites is 1. The van der Waals surface area contributed by atoms with Crippen molar-refractivity contribution < 1.29 is 9.59 Å². The molecule has 1 aliphatic rings. The molecule has 27 heavy (non-hydrogen) atoms. The predicted octanol–water partition coefficient (Wildman–Crippen LogP) is 2.76. The molecule has 0 saturated carbocycles. The van der Waals surface area contributed by atoms with Crippen molar-refractivity contribution in [2.75, 3.05) is 32.0 Å². The monoisotopic (exact) mass is 386 g/mol. The lowest BCUT2D eigenvalue weighted by Gasteiger charge is -2.32. The van der Waals surface area contributed by atoms with Crippen molar-refractivity contribution >= 4 is 28.8 Å². The summed E-state index contributed by atoms with van der Waals surface area (Å²) in [5.41, 5.74) is 1.82. The van der Waals surface area contributed by atoms with Gasteiger partial charge in [-0.05, 0) is 38.9 Å². The molecular formula is C20H26N4O2S. The van der Waals surface area contributed by atoms with Crippen LogP contribution in [0.5, 0.6) is 0 Å². The summed E-state index contributed by atoms with van der Waals surface area (Å²) in [6, 6.07) is 9.50. The standard InChI is InChI=1S/C20H26N4O2S/c1-15-21-18(14-27-15)12-23(2)13-19(25)24-10-8-16(9-11-24)20(26)22-17-6-4-3-5-7-17/h3-7,14,16H,8-13H2,1-2H3,(H,22,26). The van der Waals surface area contributed by atoms with Gasteiger partial charge in [0.2, 0.25) is 11.8 Å². The number of hydrogen-bond acceptors (Lipinski definition) is 5. The van der Waals surface area contributed by atoms with Crippen LogP contribution in [-0.2, 0) is 16.1 Å². The number of likely N-dealkylation sites (tertiary alicyclic amines) is 1. The number of rotatable bonds is 6. The third-order valence-corrected chi connectivity index (χ3v) is 5.59. The van der Waals surface area contributed by atoms with Gasteiger partial charge in [0.05, 0.1) is 17.2 Å². The van der Waals surface area contributed by atoms with Crippen LogP contribution in [0.25, 0.3) is 0 Å². The minimum Gasteiger partial charge on any atom is -0.342 e. The van der Waals surface area contributed by atoms with E-state index in [0.717, 1.165) is 16.4 Å². The number of carbonyl (C=O) groups excluding carboxylic acids is 2. The van der Waals surface area contributed by atoms with Crippen LogP contribution in [0.4, 0.5) is 5.69 Å². The fourth-order valence-electron chi connectivity index (χ4n) is 3.30. The second kappa shape index (κ2) is 9.10. The summed E-state index contributed by atoms with van der Waals surface area (Å²) in [5.74, 6) is 0.126. The van der Waals surface area contributed by atoms with Gasteiger partial charge < -0.3 is 10.2 Å². The fraction of sp³-hybridized carbons (Fsp3) is 0.450. The number of benzene rings is 1. The van der Waals surface area contributed by atoms with E-state index >= 15 is 0 Å². The summed E-state index contributed by atoms with van der Waals surface area (Å²) in [5, 5.41) is 6.04. The largest absolute Gasteiger partial charge is 0.342 e. The first-order chi connectivity index (χ1) is 13.0. The summed E-state index contributed by atoms with van der Waals surface area (Å²) in [4.78, 5) is 33.2. The number of nitrogens with zero attached hydrogens (tertiary/aromatic N) is 3. The molecule has 144 valence electrons. The van der Waals surface area contributed by atoms with Gasteiger partial charge in [-0.15, -0.1) is 11.3 Å². The molecule has 3 rings (SSSR count). The van der Waals surface area contributed by atoms with E-state index in [1.54, 1.807) is 11.3 Å². The second-order valence-corrected chi connectivity index (χ2v) is 8.10. The lowest BCUT2D eigenvalue weighted by molar-refractivity contribution is -0.135. The smallest absolute Gasteiger partial charge is 0.236 e. The van der Waals surface area contributed by atoms with Gasteiger partial charge in [0.25, 0.3) is 0 Å². The third-order valence-electron chi connectivity index (χ3n) is 4.76. The molecule has 0 radical (unpaired) electrons. The molecule has 0 atom stereocenters. The molecule has 1 fully saturated rings. The number of thiazole rings is 1. The number of anilines is 1. The van der Waals surface area contributed by atoms with E-state index in [9.17, 15) is 9.59 Å². The maximum atomic E-state index is 12.5. The van der Waals surface area contributed by atoms with Gasteiger partial charge in [-0.1, -0.05) is 18.2 Å². The molecule has 0 spiro atoms. The Morgan fingerprint density at radius 2 is 1.96 bits per heavy atom. The Hall–Kier alpha value is -2.25. The third kappa shape index (κ3) is 5.61. The molecule has 1 aliphatic heterocycles. The van der Waals surface area contributed by atoms with Crippen LogP contribution in [-0.4, -0.2) is 53.3 Å². The molecule has 0 bridgehead atoms. The van der Waals surface area contributed by atoms with Crippen molar-refractivity contribution in [2.45, 2.75) is 26.3 Å². The highest BCUT2D eigenvalue weighted by molar-refractivity contribution is 7.09. The lowest BCUT2D eigenvalue weighted by atomic mass is 9.95. The molecule has 1 aromatic heterocycles. The topological polar surface area (TPSA) is 65.5 Å². The number of hydrogen-bond donors (Lipinski definition) is 1. The van der Waals surface area contributed by atoms with Gasteiger partial charge >= 0.3 is 0 Å². The first-order valence-corrected chi connectivity index (χ1v) is 10.1. The van der Waals surface area contributed by atoms with Crippen molar-refractivity contribution in [2.24, 2.45) is 5.92 Å². The van der Waals surface area contributed by atoms with E-state index in [2.05, 4.69) is 10.3 Å². The Kier molecular flexibility index (Phi) is 6.58. The van der Waals surface area contributed by atoms with Gasteiger partial charge in [0, 0.05) is 36.6 Å². The average Bonchev–Trinajstić information content (AvgIpc) is 3.07. The maximum Gasteiger partial charge on any atom is 0.236 e. The Morgan fingerprint density at radius 3 is 2.59 bits per heavy atom. The minimum atomic E-state index is -0.0371. The van der Waals surface area contributed by atoms with Crippen molar-refractivity contribution in [3.8, 4) is 0 Å². The van der Waals surface area contributed by atoms with E-state index in [-0.39, 0.29) is 17.7 Å². The van der Waals surface area contributed by atoms with Gasteiger partial charge in [-0.25, -0.2) is 4.98 Å². The molecule has 0 aliphatic carbocycles. The number of amides is 2. The van der Waals surface area contributed by atoms with Crippen LogP contribution < -0.4 is 5.32 Å². The number of aryl methyl sites for hydroxylation is 1. The molecule has 7 heteroatoms. The van der Waals surface area contributed by atoms with Crippen LogP contribution in [0.15, 0.2) is 35.7 Å². The Labute approximate surface area is 164 Å². The quantitative estimate of drug-likeness (QED) is 0.829. The van der Waals surface area contributed by atoms with Crippen LogP contribution >= 0.6 is 11.3 Å². The minimum absolute atomic E-state index is 0.0371. The molecule has 2 amide bonds. The molecule has 1 N–H and O–H groups in total. The molecule has 6 nitrogen and oxygen atoms in total. The van der Waals surface area contributed by atoms with E-state index in [0.29, 0.717) is 39.0 Å². The molecule has 1 aromatic carbocycles. The average molecular weight is 387 g/mol. The van der Waals surface area contributed by atoms with Crippen molar-refractivity contribution in [3.63, 3.8) is 0 Å². The summed E-state index contributed by atoms with van der Waals surface area (Å²) < 4.78 is 0. The van der Waals surface area contributed by atoms with Gasteiger partial charge in [-0.2, -0.15) is 0 Å². The fourth-order valence-corrected chi connectivity index (χ4v) is 3.90. The van der Waals surface area contributed by atoms with Crippen LogP contribution in [0, 0.1) is 12.8 Å². The molecule has 2 aromatic rings. The lowest BCUT2D eigenvalue weighted by Crippen LogP contribution is -2.45. The molecule has 1 saturated heterocycles. The van der Waals surface area contributed by atoms with Crippen LogP contribution in [0.3, 0.4) is 0 Å². The highest BCUT2D eigenvalue weighted by Gasteiger charge is 2.27. The number of likely N-dealkylation sites (N-methyl/N-ethyl adjacent to an activating group) is 1. The summed E-state index contributed by atoms with van der Waals surface area (Å²) >= 11 is 1.63. The zero-order valence-electron chi connectivity index (χ0n) is 15.9. The molecular weight excluding hydrogens is 360 g/mol. The normalized spacial score (nSPS) is 15.1. The maximum absolute atomic E-state index is 12.5. The Morgan fingerprint density at radius 1 is 1.26 bits per heavy atom. The van der Waals surface area contributed by atoms with Gasteiger partial charge in [0.15, 0.2) is 0 Å². The number of aromatic nitrogens is 1. The number of piperidine rings is 1. The van der Waals surface area contributed by atoms with E-state index in [1.165, 1.54) is 0 Å². The zero-order chi connectivity index (χ0) is 19.2. The highest BCUT2D eigenvalue weighted by atomic mass is 32.1. The Balaban J connectivity index is 1.42. The molecule has 2 heterocycles. The van der Waals surface area contributed by atoms with Crippen molar-refractivity contribution in [1.82, 2.24) is 14.8 Å². The second-order valence-electron chi connectivity index (χ2n) is 7.04. The Bertz CT molecular complexity index is 769. The van der Waals surface area contributed by atoms with E-state index in [1.807, 2.05) is 59.5 Å². The van der Waals surface area contributed by atoms with Crippen molar-refractivity contribution in [3.05, 3.63) is 46.4 Å². The number of carbonyl (C=O) groups is 2. The first-order valence-electron chi connectivity index (χ1n) is 9.24. The zero-order valence-corrected chi connectivity index (χ0v) is 16.7. The SMILES string of the molecule is Cc1nc(CN(C)CC(=O)N2CCC(C(=O)Nc3ccccc3)CC2)cs1. The number of nitrogens with one attached hydrogen (secondary N) is 1. The van der Waals surface area contributed by atoms with E-state index in [4.69, 9.17) is 0 Å². The van der Waals surface area contributed by atoms with Gasteiger partial charge in [-0.3, -0.25) is 14.5 Å².